The fraction of sp³-hybridized carbons (Fsp3) is 0.0400. The number of thiophene rings is 1. The molecule has 0 fully saturated rings. The van der Waals surface area contributed by atoms with Gasteiger partial charge in [-0.05, 0) is 94.9 Å². The average Bonchev–Trinajstić information content (AvgIpc) is 3.87. The number of rotatable bonds is 5. The molecular weight excluding hydrogens is 663 g/mol. The molecule has 1 aliphatic carbocycles. The third-order valence-corrected chi connectivity index (χ3v) is 12.5. The van der Waals surface area contributed by atoms with Gasteiger partial charge in [0.15, 0.2) is 0 Å². The van der Waals surface area contributed by atoms with Gasteiger partial charge in [0.25, 0.3) is 0 Å². The lowest BCUT2D eigenvalue weighted by atomic mass is 9.71. The summed E-state index contributed by atoms with van der Waals surface area (Å²) >= 11 is 1.85. The maximum Gasteiger partial charge on any atom is 0.140 e. The highest BCUT2D eigenvalue weighted by atomic mass is 32.1. The van der Waals surface area contributed by atoms with Crippen LogP contribution in [0.4, 0.5) is 17.1 Å². The Morgan fingerprint density at radius 2 is 1.04 bits per heavy atom. The first-order valence-electron chi connectivity index (χ1n) is 18.2. The molecule has 0 saturated carbocycles. The number of para-hydroxylation sites is 2. The molecule has 0 N–H and O–H groups in total. The molecule has 0 unspecified atom stereocenters. The second-order valence-electron chi connectivity index (χ2n) is 14.2. The van der Waals surface area contributed by atoms with Crippen LogP contribution < -0.4 is 4.90 Å². The summed E-state index contributed by atoms with van der Waals surface area (Å²) in [7, 11) is 0. The summed E-state index contributed by atoms with van der Waals surface area (Å²) in [5.41, 5.74) is 13.5. The smallest absolute Gasteiger partial charge is 0.140 e. The number of benzene rings is 8. The van der Waals surface area contributed by atoms with Crippen molar-refractivity contribution in [2.45, 2.75) is 12.3 Å². The van der Waals surface area contributed by atoms with Crippen LogP contribution in [0.3, 0.4) is 0 Å². The van der Waals surface area contributed by atoms with Crippen molar-refractivity contribution in [1.29, 1.82) is 0 Å². The molecule has 1 aliphatic rings. The van der Waals surface area contributed by atoms with Crippen LogP contribution in [-0.4, -0.2) is 0 Å². The van der Waals surface area contributed by atoms with Crippen LogP contribution in [0.15, 0.2) is 186 Å². The van der Waals surface area contributed by atoms with Crippen LogP contribution in [0.25, 0.3) is 64.4 Å². The lowest BCUT2D eigenvalue weighted by molar-refractivity contribution is 0.638. The van der Waals surface area contributed by atoms with Crippen molar-refractivity contribution in [3.8, 4) is 22.3 Å². The van der Waals surface area contributed by atoms with Crippen LogP contribution in [0.2, 0.25) is 0 Å². The first-order chi connectivity index (χ1) is 26.2. The molecule has 2 aromatic heterocycles. The van der Waals surface area contributed by atoms with E-state index in [1.807, 2.05) is 11.3 Å². The van der Waals surface area contributed by atoms with E-state index in [2.05, 4.69) is 194 Å². The van der Waals surface area contributed by atoms with Gasteiger partial charge in [-0.25, -0.2) is 0 Å². The van der Waals surface area contributed by atoms with Gasteiger partial charge in [-0.15, -0.1) is 11.3 Å². The van der Waals surface area contributed by atoms with E-state index in [1.165, 1.54) is 53.6 Å². The van der Waals surface area contributed by atoms with E-state index in [4.69, 9.17) is 4.42 Å². The quantitative estimate of drug-likeness (QED) is 0.178. The topological polar surface area (TPSA) is 16.4 Å². The molecule has 0 spiro atoms. The van der Waals surface area contributed by atoms with Gasteiger partial charge in [-0.2, -0.15) is 0 Å². The van der Waals surface area contributed by atoms with Crippen molar-refractivity contribution in [2.24, 2.45) is 0 Å². The maximum atomic E-state index is 6.88. The predicted molar refractivity (Wildman–Crippen MR) is 224 cm³/mol. The zero-order chi connectivity index (χ0) is 35.1. The van der Waals surface area contributed by atoms with E-state index >= 15 is 0 Å². The van der Waals surface area contributed by atoms with Gasteiger partial charge >= 0.3 is 0 Å². The SMILES string of the molecule is CC1(c2c(-c3ccc(N(c4ccccc4)c4ccc5c(c4)sc4ccccc45)cc3)ccc3c2oc2ccccc23)c2ccccc2-c2ccccc21. The maximum absolute atomic E-state index is 6.88. The highest BCUT2D eigenvalue weighted by molar-refractivity contribution is 7.25. The Bertz CT molecular complexity index is 2980. The standard InChI is InChI=1S/C50H33NOS/c1-50(43-19-9-5-15-37(43)38-16-6-10-20-44(38)50)48-36(29-30-42-39-17-7-11-21-45(39)52-49(42)48)32-23-25-34(26-24-32)51(33-13-3-2-4-14-33)35-27-28-41-40-18-8-12-22-46(40)53-47(41)31-35/h2-31H,1H3. The summed E-state index contributed by atoms with van der Waals surface area (Å²) < 4.78 is 9.48. The molecule has 0 bridgehead atoms. The monoisotopic (exact) mass is 695 g/mol. The van der Waals surface area contributed by atoms with Crippen LogP contribution in [0.1, 0.15) is 23.6 Å². The Morgan fingerprint density at radius 3 is 1.81 bits per heavy atom. The molecule has 0 atom stereocenters. The molecule has 8 aromatic carbocycles. The highest BCUT2D eigenvalue weighted by Gasteiger charge is 2.44. The molecule has 250 valence electrons. The molecule has 2 nitrogen and oxygen atoms in total. The summed E-state index contributed by atoms with van der Waals surface area (Å²) in [6, 6.07) is 66.1. The molecule has 53 heavy (non-hydrogen) atoms. The third-order valence-electron chi connectivity index (χ3n) is 11.3. The van der Waals surface area contributed by atoms with E-state index in [9.17, 15) is 0 Å². The number of fused-ring (bicyclic) bond motifs is 9. The number of hydrogen-bond acceptors (Lipinski definition) is 3. The zero-order valence-corrected chi connectivity index (χ0v) is 29.9. The van der Waals surface area contributed by atoms with E-state index in [0.717, 1.165) is 44.6 Å². The normalized spacial score (nSPS) is 13.2. The van der Waals surface area contributed by atoms with Crippen LogP contribution in [0, 0.1) is 0 Å². The molecule has 0 amide bonds. The van der Waals surface area contributed by atoms with E-state index in [0.29, 0.717) is 0 Å². The van der Waals surface area contributed by atoms with Gasteiger partial charge in [0.05, 0.1) is 0 Å². The summed E-state index contributed by atoms with van der Waals surface area (Å²) in [5, 5.41) is 4.90. The summed E-state index contributed by atoms with van der Waals surface area (Å²) in [6.07, 6.45) is 0. The molecule has 2 heterocycles. The van der Waals surface area contributed by atoms with E-state index in [-0.39, 0.29) is 0 Å². The Morgan fingerprint density at radius 1 is 0.453 bits per heavy atom. The van der Waals surface area contributed by atoms with Crippen molar-refractivity contribution in [2.75, 3.05) is 4.90 Å². The Hall–Kier alpha value is -6.42. The summed E-state index contributed by atoms with van der Waals surface area (Å²) in [5.74, 6) is 0. The average molecular weight is 696 g/mol. The zero-order valence-electron chi connectivity index (χ0n) is 29.1. The van der Waals surface area contributed by atoms with Gasteiger partial charge in [0.2, 0.25) is 0 Å². The minimum Gasteiger partial charge on any atom is -0.456 e. The lowest BCUT2D eigenvalue weighted by Crippen LogP contribution is -2.23. The lowest BCUT2D eigenvalue weighted by Gasteiger charge is -2.31. The van der Waals surface area contributed by atoms with Crippen LogP contribution >= 0.6 is 11.3 Å². The second kappa shape index (κ2) is 11.5. The largest absolute Gasteiger partial charge is 0.456 e. The number of furan rings is 1. The van der Waals surface area contributed by atoms with Gasteiger partial charge in [-0.3, -0.25) is 0 Å². The van der Waals surface area contributed by atoms with Crippen molar-refractivity contribution in [3.63, 3.8) is 0 Å². The van der Waals surface area contributed by atoms with Gasteiger partial charge < -0.3 is 9.32 Å². The van der Waals surface area contributed by atoms with Crippen LogP contribution in [-0.2, 0) is 5.41 Å². The Kier molecular flexibility index (Phi) is 6.58. The van der Waals surface area contributed by atoms with Crippen molar-refractivity contribution >= 4 is 70.5 Å². The minimum absolute atomic E-state index is 0.440. The number of hydrogen-bond donors (Lipinski definition) is 0. The van der Waals surface area contributed by atoms with Crippen molar-refractivity contribution in [3.05, 3.63) is 199 Å². The minimum atomic E-state index is -0.440. The first kappa shape index (κ1) is 30.2. The first-order valence-corrected chi connectivity index (χ1v) is 19.0. The van der Waals surface area contributed by atoms with Crippen molar-refractivity contribution < 1.29 is 4.42 Å². The van der Waals surface area contributed by atoms with E-state index < -0.39 is 5.41 Å². The molecule has 10 aromatic rings. The molecule has 0 radical (unpaired) electrons. The molecule has 3 heteroatoms. The van der Waals surface area contributed by atoms with Crippen LogP contribution in [0.5, 0.6) is 0 Å². The van der Waals surface area contributed by atoms with Gasteiger partial charge in [-0.1, -0.05) is 127 Å². The van der Waals surface area contributed by atoms with E-state index in [1.54, 1.807) is 0 Å². The number of anilines is 3. The highest BCUT2D eigenvalue weighted by Crippen LogP contribution is 2.56. The molecule has 0 saturated heterocycles. The predicted octanol–water partition coefficient (Wildman–Crippen LogP) is 14.4. The molecule has 11 rings (SSSR count). The number of nitrogens with zero attached hydrogens (tertiary/aromatic N) is 1. The third kappa shape index (κ3) is 4.44. The van der Waals surface area contributed by atoms with Gasteiger partial charge in [0.1, 0.15) is 11.2 Å². The second-order valence-corrected chi connectivity index (χ2v) is 15.3. The summed E-state index contributed by atoms with van der Waals surface area (Å²) in [6.45, 7) is 2.39. The fourth-order valence-electron chi connectivity index (χ4n) is 8.92. The molecule has 0 aliphatic heterocycles. The summed E-state index contributed by atoms with van der Waals surface area (Å²) in [4.78, 5) is 2.36. The van der Waals surface area contributed by atoms with Crippen molar-refractivity contribution in [1.82, 2.24) is 0 Å². The van der Waals surface area contributed by atoms with Gasteiger partial charge in [0, 0.05) is 59.0 Å². The fourth-order valence-corrected chi connectivity index (χ4v) is 10.1. The Balaban J connectivity index is 1.11. The molecular formula is C50H33NOS. The Labute approximate surface area is 311 Å².